The van der Waals surface area contributed by atoms with Crippen molar-refractivity contribution in [1.82, 2.24) is 0 Å². The van der Waals surface area contributed by atoms with E-state index in [1.54, 1.807) is 0 Å². The smallest absolute Gasteiger partial charge is 0.167 e. The Balaban J connectivity index is 2.96. The first kappa shape index (κ1) is 20.4. The second-order valence-electron chi connectivity index (χ2n) is 7.62. The summed E-state index contributed by atoms with van der Waals surface area (Å²) in [5.74, 6) is 0. The molecule has 0 spiro atoms. The summed E-state index contributed by atoms with van der Waals surface area (Å²) in [4.78, 5) is 0. The molecule has 2 aromatic carbocycles. The molecule has 2 rings (SSSR count). The van der Waals surface area contributed by atoms with Gasteiger partial charge in [-0.25, -0.2) is 0 Å². The fraction of sp³-hybridized carbons (Fsp3) is 0.478. The lowest BCUT2D eigenvalue weighted by atomic mass is 9.80. The van der Waals surface area contributed by atoms with Crippen LogP contribution in [0.2, 0.25) is 0 Å². The summed E-state index contributed by atoms with van der Waals surface area (Å²) >= 11 is 2.26. The SMILES string of the molecule is Cc1c(C)c(C)c(C(O)(I)c2c(C)c(C)c(C)c(C)c2C)c(C)c1C. The van der Waals surface area contributed by atoms with Gasteiger partial charge in [-0.05, 0) is 147 Å². The number of aliphatic hydroxyl groups is 1. The van der Waals surface area contributed by atoms with E-state index in [4.69, 9.17) is 0 Å². The van der Waals surface area contributed by atoms with E-state index in [9.17, 15) is 5.11 Å². The molecular formula is C23H31IO. The van der Waals surface area contributed by atoms with Crippen LogP contribution in [0.15, 0.2) is 0 Å². The molecule has 2 aromatic rings. The first-order valence-electron chi connectivity index (χ1n) is 8.91. The summed E-state index contributed by atoms with van der Waals surface area (Å²) in [6.45, 7) is 21.6. The van der Waals surface area contributed by atoms with Gasteiger partial charge in [-0.3, -0.25) is 0 Å². The number of alkyl halides is 1. The molecule has 0 aromatic heterocycles. The van der Waals surface area contributed by atoms with Crippen molar-refractivity contribution in [3.05, 3.63) is 66.8 Å². The maximum atomic E-state index is 11.8. The van der Waals surface area contributed by atoms with Gasteiger partial charge in [0.05, 0.1) is 0 Å². The number of halogens is 1. The van der Waals surface area contributed by atoms with Gasteiger partial charge in [0.15, 0.2) is 3.61 Å². The van der Waals surface area contributed by atoms with Crippen LogP contribution < -0.4 is 0 Å². The Bertz CT molecular complexity index is 743. The molecule has 25 heavy (non-hydrogen) atoms. The average Bonchev–Trinajstić information content (AvgIpc) is 2.54. The van der Waals surface area contributed by atoms with E-state index in [-0.39, 0.29) is 0 Å². The maximum absolute atomic E-state index is 11.8. The predicted molar refractivity (Wildman–Crippen MR) is 117 cm³/mol. The maximum Gasteiger partial charge on any atom is 0.167 e. The van der Waals surface area contributed by atoms with Crippen LogP contribution >= 0.6 is 22.6 Å². The quantitative estimate of drug-likeness (QED) is 0.415. The van der Waals surface area contributed by atoms with Crippen molar-refractivity contribution in [2.24, 2.45) is 0 Å². The van der Waals surface area contributed by atoms with E-state index in [1.807, 2.05) is 0 Å². The summed E-state index contributed by atoms with van der Waals surface area (Å²) in [6, 6.07) is 0. The van der Waals surface area contributed by atoms with Crippen LogP contribution in [-0.2, 0) is 3.61 Å². The van der Waals surface area contributed by atoms with Crippen molar-refractivity contribution in [1.29, 1.82) is 0 Å². The molecule has 0 atom stereocenters. The number of hydrogen-bond acceptors (Lipinski definition) is 1. The molecule has 0 heterocycles. The van der Waals surface area contributed by atoms with Gasteiger partial charge in [0.2, 0.25) is 0 Å². The lowest BCUT2D eigenvalue weighted by molar-refractivity contribution is 0.197. The number of hydrogen-bond donors (Lipinski definition) is 1. The van der Waals surface area contributed by atoms with Crippen molar-refractivity contribution in [2.45, 2.75) is 72.8 Å². The largest absolute Gasteiger partial charge is 0.371 e. The Morgan fingerprint density at radius 3 is 0.800 bits per heavy atom. The van der Waals surface area contributed by atoms with Gasteiger partial charge in [-0.2, -0.15) is 0 Å². The molecule has 0 aliphatic rings. The van der Waals surface area contributed by atoms with Gasteiger partial charge in [0.25, 0.3) is 0 Å². The van der Waals surface area contributed by atoms with Crippen LogP contribution in [0.5, 0.6) is 0 Å². The standard InChI is InChI=1S/C23H31IO/c1-11-13(3)17(7)21(18(8)14(11)4)23(24,25)22-19(9)15(5)12(2)16(6)20(22)10/h25H,1-10H3. The highest BCUT2D eigenvalue weighted by molar-refractivity contribution is 14.1. The molecular weight excluding hydrogens is 419 g/mol. The van der Waals surface area contributed by atoms with Crippen LogP contribution in [0, 0.1) is 69.2 Å². The zero-order valence-corrected chi connectivity index (χ0v) is 19.5. The first-order valence-corrected chi connectivity index (χ1v) is 9.99. The molecule has 0 unspecified atom stereocenters. The van der Waals surface area contributed by atoms with E-state index in [0.29, 0.717) is 0 Å². The third-order valence-corrected chi connectivity index (χ3v) is 7.74. The third-order valence-electron chi connectivity index (χ3n) is 6.66. The van der Waals surface area contributed by atoms with E-state index in [2.05, 4.69) is 91.8 Å². The molecule has 0 saturated carbocycles. The summed E-state index contributed by atoms with van der Waals surface area (Å²) in [6.07, 6.45) is 0. The van der Waals surface area contributed by atoms with Crippen LogP contribution in [0.25, 0.3) is 0 Å². The van der Waals surface area contributed by atoms with Crippen molar-refractivity contribution >= 4 is 22.6 Å². The second kappa shape index (κ2) is 6.70. The van der Waals surface area contributed by atoms with Crippen molar-refractivity contribution in [3.63, 3.8) is 0 Å². The summed E-state index contributed by atoms with van der Waals surface area (Å²) in [7, 11) is 0. The van der Waals surface area contributed by atoms with E-state index in [0.717, 1.165) is 11.1 Å². The first-order chi connectivity index (χ1) is 11.4. The highest BCUT2D eigenvalue weighted by Crippen LogP contribution is 2.46. The topological polar surface area (TPSA) is 20.2 Å². The normalized spacial score (nSPS) is 12.0. The Labute approximate surface area is 167 Å². The van der Waals surface area contributed by atoms with Crippen molar-refractivity contribution < 1.29 is 5.11 Å². The van der Waals surface area contributed by atoms with E-state index >= 15 is 0 Å². The van der Waals surface area contributed by atoms with Gasteiger partial charge in [-0.15, -0.1) is 0 Å². The van der Waals surface area contributed by atoms with Crippen molar-refractivity contribution in [2.75, 3.05) is 0 Å². The van der Waals surface area contributed by atoms with Gasteiger partial charge < -0.3 is 5.11 Å². The average molecular weight is 450 g/mol. The lowest BCUT2D eigenvalue weighted by Gasteiger charge is -2.33. The van der Waals surface area contributed by atoms with Crippen LogP contribution in [0.1, 0.15) is 66.8 Å². The molecule has 0 fully saturated rings. The molecule has 0 aliphatic heterocycles. The minimum atomic E-state index is -1.04. The summed E-state index contributed by atoms with van der Waals surface area (Å²) < 4.78 is -1.04. The molecule has 0 saturated heterocycles. The lowest BCUT2D eigenvalue weighted by Crippen LogP contribution is -2.26. The highest BCUT2D eigenvalue weighted by atomic mass is 127. The molecule has 0 bridgehead atoms. The molecule has 1 nitrogen and oxygen atoms in total. The summed E-state index contributed by atoms with van der Waals surface area (Å²) in [5.41, 5.74) is 14.7. The number of rotatable bonds is 2. The minimum Gasteiger partial charge on any atom is -0.371 e. The van der Waals surface area contributed by atoms with E-state index < -0.39 is 3.61 Å². The predicted octanol–water partition coefficient (Wildman–Crippen LogP) is 6.40. The Morgan fingerprint density at radius 2 is 0.600 bits per heavy atom. The zero-order valence-electron chi connectivity index (χ0n) is 17.3. The zero-order chi connectivity index (χ0) is 19.4. The number of benzene rings is 2. The summed E-state index contributed by atoms with van der Waals surface area (Å²) in [5, 5.41) is 11.8. The minimum absolute atomic E-state index is 1.04. The molecule has 1 N–H and O–H groups in total. The van der Waals surface area contributed by atoms with Gasteiger partial charge in [0.1, 0.15) is 0 Å². The molecule has 136 valence electrons. The molecule has 0 aliphatic carbocycles. The van der Waals surface area contributed by atoms with Gasteiger partial charge in [0, 0.05) is 11.1 Å². The fourth-order valence-corrected chi connectivity index (χ4v) is 5.74. The van der Waals surface area contributed by atoms with Crippen molar-refractivity contribution in [3.8, 4) is 0 Å². The van der Waals surface area contributed by atoms with Gasteiger partial charge >= 0.3 is 0 Å². The third kappa shape index (κ3) is 2.95. The molecule has 0 amide bonds. The molecule has 0 radical (unpaired) electrons. The van der Waals surface area contributed by atoms with E-state index in [1.165, 1.54) is 55.6 Å². The molecule has 2 heteroatoms. The Hall–Kier alpha value is -0.870. The van der Waals surface area contributed by atoms with Crippen LogP contribution in [0.3, 0.4) is 0 Å². The van der Waals surface area contributed by atoms with Gasteiger partial charge in [-0.1, -0.05) is 0 Å². The second-order valence-corrected chi connectivity index (χ2v) is 9.18. The van der Waals surface area contributed by atoms with Crippen LogP contribution in [-0.4, -0.2) is 5.11 Å². The Kier molecular flexibility index (Phi) is 5.48. The highest BCUT2D eigenvalue weighted by Gasteiger charge is 2.36. The monoisotopic (exact) mass is 450 g/mol. The Morgan fingerprint density at radius 1 is 0.440 bits per heavy atom. The van der Waals surface area contributed by atoms with Crippen LogP contribution in [0.4, 0.5) is 0 Å². The fourth-order valence-electron chi connectivity index (χ4n) is 4.12.